The van der Waals surface area contributed by atoms with Crippen molar-refractivity contribution in [2.75, 3.05) is 10.8 Å². The molecule has 25 heavy (non-hydrogen) atoms. The van der Waals surface area contributed by atoms with Crippen LogP contribution in [0.4, 0.5) is 5.69 Å². The zero-order valence-corrected chi connectivity index (χ0v) is 14.2. The van der Waals surface area contributed by atoms with Crippen molar-refractivity contribution in [3.63, 3.8) is 0 Å². The zero-order chi connectivity index (χ0) is 17.8. The Morgan fingerprint density at radius 3 is 2.76 bits per heavy atom. The minimum absolute atomic E-state index is 0.0422. The summed E-state index contributed by atoms with van der Waals surface area (Å²) >= 11 is 0. The number of para-hydroxylation sites is 1. The van der Waals surface area contributed by atoms with Gasteiger partial charge in [-0.3, -0.25) is 8.87 Å². The SMILES string of the molecule is Cn1c(=O)oc2cc(S(=O)(=O)N3CCC(O)c4ccccc43)ccc21. The first-order valence-corrected chi connectivity index (χ1v) is 9.23. The highest BCUT2D eigenvalue weighted by Gasteiger charge is 2.32. The Bertz CT molecular complexity index is 1130. The average molecular weight is 360 g/mol. The average Bonchev–Trinajstić information content (AvgIpc) is 2.89. The molecular formula is C17H16N2O5S. The molecule has 2 aromatic carbocycles. The Morgan fingerprint density at radius 2 is 1.96 bits per heavy atom. The highest BCUT2D eigenvalue weighted by atomic mass is 32.2. The van der Waals surface area contributed by atoms with E-state index in [4.69, 9.17) is 4.42 Å². The summed E-state index contributed by atoms with van der Waals surface area (Å²) in [5, 5.41) is 10.1. The highest BCUT2D eigenvalue weighted by molar-refractivity contribution is 7.92. The Labute approximate surface area is 143 Å². The number of fused-ring (bicyclic) bond motifs is 2. The third kappa shape index (κ3) is 2.37. The summed E-state index contributed by atoms with van der Waals surface area (Å²) in [4.78, 5) is 11.7. The number of aryl methyl sites for hydroxylation is 1. The number of aromatic nitrogens is 1. The van der Waals surface area contributed by atoms with Crippen LogP contribution in [0.25, 0.3) is 11.1 Å². The normalized spacial score (nSPS) is 17.7. The molecule has 1 unspecified atom stereocenters. The van der Waals surface area contributed by atoms with E-state index in [9.17, 15) is 18.3 Å². The molecule has 8 heteroatoms. The molecule has 0 aliphatic carbocycles. The molecule has 0 saturated carbocycles. The molecule has 1 aliphatic rings. The van der Waals surface area contributed by atoms with Crippen LogP contribution in [0.3, 0.4) is 0 Å². The minimum atomic E-state index is -3.84. The number of benzene rings is 2. The number of aliphatic hydroxyl groups is 1. The highest BCUT2D eigenvalue weighted by Crippen LogP contribution is 2.37. The minimum Gasteiger partial charge on any atom is -0.408 e. The lowest BCUT2D eigenvalue weighted by Gasteiger charge is -2.32. The molecule has 2 heterocycles. The number of oxazole rings is 1. The van der Waals surface area contributed by atoms with Crippen molar-refractivity contribution in [2.45, 2.75) is 17.4 Å². The molecule has 1 atom stereocenters. The van der Waals surface area contributed by atoms with Crippen LogP contribution in [0, 0.1) is 0 Å². The number of hydrogen-bond acceptors (Lipinski definition) is 5. The van der Waals surface area contributed by atoms with E-state index in [-0.39, 0.29) is 17.0 Å². The molecule has 0 saturated heterocycles. The smallest absolute Gasteiger partial charge is 0.408 e. The van der Waals surface area contributed by atoms with E-state index in [1.165, 1.54) is 21.0 Å². The molecule has 130 valence electrons. The van der Waals surface area contributed by atoms with Gasteiger partial charge in [0.15, 0.2) is 5.58 Å². The molecule has 1 aromatic heterocycles. The standard InChI is InChI=1S/C17H16N2O5S/c1-18-14-7-6-11(10-16(14)24-17(18)21)25(22,23)19-9-8-15(20)12-4-2-3-5-13(12)19/h2-7,10,15,20H,8-9H2,1H3. The fourth-order valence-corrected chi connectivity index (χ4v) is 4.68. The number of anilines is 1. The van der Waals surface area contributed by atoms with E-state index in [1.807, 2.05) is 0 Å². The van der Waals surface area contributed by atoms with E-state index in [0.717, 1.165) is 0 Å². The monoisotopic (exact) mass is 360 g/mol. The van der Waals surface area contributed by atoms with E-state index in [0.29, 0.717) is 23.2 Å². The maximum Gasteiger partial charge on any atom is 0.419 e. The molecule has 4 rings (SSSR count). The predicted molar refractivity (Wildman–Crippen MR) is 92.0 cm³/mol. The number of nitrogens with zero attached hydrogens (tertiary/aromatic N) is 2. The largest absolute Gasteiger partial charge is 0.419 e. The van der Waals surface area contributed by atoms with Crippen molar-refractivity contribution >= 4 is 26.8 Å². The van der Waals surface area contributed by atoms with E-state index in [2.05, 4.69) is 0 Å². The molecule has 3 aromatic rings. The Hall–Kier alpha value is -2.58. The third-order valence-corrected chi connectivity index (χ3v) is 6.33. The summed E-state index contributed by atoms with van der Waals surface area (Å²) in [5.41, 5.74) is 1.80. The molecule has 7 nitrogen and oxygen atoms in total. The Morgan fingerprint density at radius 1 is 1.20 bits per heavy atom. The number of hydrogen-bond donors (Lipinski definition) is 1. The van der Waals surface area contributed by atoms with Gasteiger partial charge in [0.05, 0.1) is 22.2 Å². The van der Waals surface area contributed by atoms with Crippen LogP contribution in [0.5, 0.6) is 0 Å². The van der Waals surface area contributed by atoms with Gasteiger partial charge in [0.1, 0.15) is 0 Å². The Kier molecular flexibility index (Phi) is 3.48. The summed E-state index contributed by atoms with van der Waals surface area (Å²) < 4.78 is 33.9. The van der Waals surface area contributed by atoms with Crippen molar-refractivity contribution < 1.29 is 17.9 Å². The van der Waals surface area contributed by atoms with Crippen LogP contribution in [0.1, 0.15) is 18.1 Å². The van der Waals surface area contributed by atoms with Gasteiger partial charge in [-0.15, -0.1) is 0 Å². The second kappa shape index (κ2) is 5.47. The van der Waals surface area contributed by atoms with Crippen LogP contribution in [-0.4, -0.2) is 24.6 Å². The summed E-state index contributed by atoms with van der Waals surface area (Å²) in [5.74, 6) is -0.545. The lowest BCUT2D eigenvalue weighted by molar-refractivity contribution is 0.166. The summed E-state index contributed by atoms with van der Waals surface area (Å²) in [6.07, 6.45) is -0.365. The molecular weight excluding hydrogens is 344 g/mol. The quantitative estimate of drug-likeness (QED) is 0.752. The molecule has 0 bridgehead atoms. The van der Waals surface area contributed by atoms with Crippen molar-refractivity contribution in [3.8, 4) is 0 Å². The zero-order valence-electron chi connectivity index (χ0n) is 13.4. The fraction of sp³-hybridized carbons (Fsp3) is 0.235. The van der Waals surface area contributed by atoms with Gasteiger partial charge in [-0.25, -0.2) is 13.2 Å². The van der Waals surface area contributed by atoms with Crippen LogP contribution in [0.15, 0.2) is 56.6 Å². The van der Waals surface area contributed by atoms with Gasteiger partial charge >= 0.3 is 5.76 Å². The van der Waals surface area contributed by atoms with Gasteiger partial charge in [0, 0.05) is 25.2 Å². The second-order valence-corrected chi connectivity index (χ2v) is 7.86. The molecule has 1 N–H and O–H groups in total. The van der Waals surface area contributed by atoms with E-state index in [1.54, 1.807) is 37.4 Å². The second-order valence-electron chi connectivity index (χ2n) is 6.00. The first kappa shape index (κ1) is 15.9. The Balaban J connectivity index is 1.85. The number of aliphatic hydroxyl groups excluding tert-OH is 1. The van der Waals surface area contributed by atoms with Crippen molar-refractivity contribution in [1.29, 1.82) is 0 Å². The van der Waals surface area contributed by atoms with Crippen molar-refractivity contribution in [1.82, 2.24) is 4.57 Å². The lowest BCUT2D eigenvalue weighted by Crippen LogP contribution is -2.36. The number of rotatable bonds is 2. The van der Waals surface area contributed by atoms with Gasteiger partial charge in [-0.2, -0.15) is 0 Å². The van der Waals surface area contributed by atoms with Crippen LogP contribution >= 0.6 is 0 Å². The maximum absolute atomic E-state index is 13.1. The predicted octanol–water partition coefficient (Wildman–Crippen LogP) is 1.76. The summed E-state index contributed by atoms with van der Waals surface area (Å²) in [6.45, 7) is 0.178. The molecule has 0 radical (unpaired) electrons. The summed E-state index contributed by atoms with van der Waals surface area (Å²) in [6, 6.07) is 11.3. The van der Waals surface area contributed by atoms with Crippen LogP contribution < -0.4 is 10.1 Å². The molecule has 1 aliphatic heterocycles. The van der Waals surface area contributed by atoms with Gasteiger partial charge < -0.3 is 9.52 Å². The molecule has 0 spiro atoms. The van der Waals surface area contributed by atoms with Crippen LogP contribution in [-0.2, 0) is 17.1 Å². The van der Waals surface area contributed by atoms with Gasteiger partial charge in [0.2, 0.25) is 0 Å². The van der Waals surface area contributed by atoms with Crippen molar-refractivity contribution in [2.24, 2.45) is 7.05 Å². The van der Waals surface area contributed by atoms with Crippen molar-refractivity contribution in [3.05, 3.63) is 58.6 Å². The molecule has 0 amide bonds. The van der Waals surface area contributed by atoms with Gasteiger partial charge in [-0.1, -0.05) is 18.2 Å². The fourth-order valence-electron chi connectivity index (χ4n) is 3.16. The van der Waals surface area contributed by atoms with E-state index >= 15 is 0 Å². The molecule has 0 fully saturated rings. The first-order valence-electron chi connectivity index (χ1n) is 7.79. The van der Waals surface area contributed by atoms with Crippen LogP contribution in [0.2, 0.25) is 0 Å². The van der Waals surface area contributed by atoms with E-state index < -0.39 is 21.9 Å². The van der Waals surface area contributed by atoms with Gasteiger partial charge in [0.25, 0.3) is 10.0 Å². The first-order chi connectivity index (χ1) is 11.9. The number of sulfonamides is 1. The third-order valence-electron chi connectivity index (χ3n) is 4.52. The lowest BCUT2D eigenvalue weighted by atomic mass is 10.0. The van der Waals surface area contributed by atoms with Gasteiger partial charge in [-0.05, 0) is 24.6 Å². The summed E-state index contributed by atoms with van der Waals surface area (Å²) in [7, 11) is -2.28. The topological polar surface area (TPSA) is 92.8 Å². The maximum atomic E-state index is 13.1.